The third kappa shape index (κ3) is 4.39. The second-order valence-corrected chi connectivity index (χ2v) is 6.14. The number of benzene rings is 1. The maximum atomic E-state index is 13.0. The molecule has 3 nitrogen and oxygen atoms in total. The molecule has 0 aliphatic carbocycles. The summed E-state index contributed by atoms with van der Waals surface area (Å²) in [4.78, 5) is 5.91. The Kier molecular flexibility index (Phi) is 5.72. The fourth-order valence-electron chi connectivity index (χ4n) is 2.38. The van der Waals surface area contributed by atoms with Crippen molar-refractivity contribution in [2.75, 3.05) is 32.5 Å². The molecular weight excluding hydrogens is 339 g/mol. The first-order chi connectivity index (χ1) is 11.2. The van der Waals surface area contributed by atoms with E-state index in [1.807, 2.05) is 20.2 Å². The van der Waals surface area contributed by atoms with Gasteiger partial charge in [-0.2, -0.15) is 13.2 Å². The van der Waals surface area contributed by atoms with E-state index in [-0.39, 0.29) is 10.8 Å². The Balaban J connectivity index is 2.39. The van der Waals surface area contributed by atoms with Gasteiger partial charge in [0.05, 0.1) is 11.3 Å². The number of fused-ring (bicyclic) bond motifs is 1. The summed E-state index contributed by atoms with van der Waals surface area (Å²) in [6, 6.07) is 6.67. The first kappa shape index (κ1) is 18.5. The summed E-state index contributed by atoms with van der Waals surface area (Å²) in [5.41, 5.74) is -0.506. The van der Waals surface area contributed by atoms with Crippen LogP contribution in [0, 0.1) is 0 Å². The van der Waals surface area contributed by atoms with Crippen LogP contribution in [0.3, 0.4) is 0 Å². The lowest BCUT2D eigenvalue weighted by Crippen LogP contribution is -2.16. The van der Waals surface area contributed by atoms with Crippen molar-refractivity contribution in [3.8, 4) is 0 Å². The highest BCUT2D eigenvalue weighted by molar-refractivity contribution is 6.30. The summed E-state index contributed by atoms with van der Waals surface area (Å²) < 4.78 is 39.0. The van der Waals surface area contributed by atoms with Gasteiger partial charge >= 0.3 is 6.18 Å². The number of pyridine rings is 1. The average Bonchev–Trinajstić information content (AvgIpc) is 2.49. The molecule has 1 heterocycles. The van der Waals surface area contributed by atoms with Gasteiger partial charge in [0, 0.05) is 23.0 Å². The van der Waals surface area contributed by atoms with Gasteiger partial charge in [0.25, 0.3) is 0 Å². The highest BCUT2D eigenvalue weighted by Gasteiger charge is 2.35. The molecule has 0 aliphatic rings. The van der Waals surface area contributed by atoms with Crippen LogP contribution in [0.1, 0.15) is 12.1 Å². The Morgan fingerprint density at radius 1 is 1.29 bits per heavy atom. The summed E-state index contributed by atoms with van der Waals surface area (Å²) in [5.74, 6) is 0. The summed E-state index contributed by atoms with van der Waals surface area (Å²) in [7, 11) is 3.97. The maximum Gasteiger partial charge on any atom is 0.417 e. The molecule has 0 saturated heterocycles. The molecule has 2 rings (SSSR count). The van der Waals surface area contributed by atoms with Gasteiger partial charge in [0.2, 0.25) is 0 Å². The fraction of sp³-hybridized carbons (Fsp3) is 0.353. The molecule has 1 aromatic carbocycles. The molecule has 24 heavy (non-hydrogen) atoms. The van der Waals surface area contributed by atoms with Gasteiger partial charge in [-0.25, -0.2) is 4.98 Å². The number of nitrogens with one attached hydrogen (secondary N) is 1. The zero-order chi connectivity index (χ0) is 17.9. The fourth-order valence-corrected chi connectivity index (χ4v) is 2.58. The molecule has 1 aromatic heterocycles. The maximum absolute atomic E-state index is 13.0. The molecule has 130 valence electrons. The van der Waals surface area contributed by atoms with Crippen molar-refractivity contribution >= 4 is 33.6 Å². The van der Waals surface area contributed by atoms with Crippen molar-refractivity contribution < 1.29 is 13.2 Å². The van der Waals surface area contributed by atoms with Gasteiger partial charge in [0.1, 0.15) is 5.15 Å². The first-order valence-electron chi connectivity index (χ1n) is 7.44. The largest absolute Gasteiger partial charge is 0.417 e. The number of alkyl halides is 3. The number of nitrogens with zero attached hydrogens (tertiary/aromatic N) is 2. The molecule has 0 aliphatic heterocycles. The molecule has 0 radical (unpaired) electrons. The molecule has 0 atom stereocenters. The van der Waals surface area contributed by atoms with E-state index in [1.165, 1.54) is 0 Å². The van der Waals surface area contributed by atoms with E-state index < -0.39 is 11.7 Å². The van der Waals surface area contributed by atoms with Crippen LogP contribution in [-0.2, 0) is 0 Å². The van der Waals surface area contributed by atoms with Gasteiger partial charge in [-0.1, -0.05) is 30.3 Å². The van der Waals surface area contributed by atoms with Crippen molar-refractivity contribution in [2.24, 2.45) is 0 Å². The van der Waals surface area contributed by atoms with Crippen molar-refractivity contribution in [2.45, 2.75) is 12.6 Å². The molecule has 7 heteroatoms. The van der Waals surface area contributed by atoms with E-state index >= 15 is 0 Å². The van der Waals surface area contributed by atoms with Crippen LogP contribution in [0.15, 0.2) is 30.8 Å². The lowest BCUT2D eigenvalue weighted by molar-refractivity contribution is -0.0688. The zero-order valence-corrected chi connectivity index (χ0v) is 14.3. The smallest absolute Gasteiger partial charge is 0.384 e. The number of anilines is 1. The van der Waals surface area contributed by atoms with Gasteiger partial charge in [0.15, 0.2) is 0 Å². The molecule has 0 bridgehead atoms. The van der Waals surface area contributed by atoms with Crippen LogP contribution in [0.2, 0.25) is 5.15 Å². The molecule has 0 spiro atoms. The van der Waals surface area contributed by atoms with Crippen LogP contribution in [0.5, 0.6) is 0 Å². The number of aromatic nitrogens is 1. The minimum atomic E-state index is -4.56. The summed E-state index contributed by atoms with van der Waals surface area (Å²) in [5, 5.41) is 4.23. The topological polar surface area (TPSA) is 28.2 Å². The van der Waals surface area contributed by atoms with Crippen LogP contribution in [-0.4, -0.2) is 43.2 Å². The minimum absolute atomic E-state index is 0.00504. The normalized spacial score (nSPS) is 12.0. The predicted molar refractivity (Wildman–Crippen MR) is 93.5 cm³/mol. The van der Waals surface area contributed by atoms with Gasteiger partial charge < -0.3 is 10.2 Å². The summed E-state index contributed by atoms with van der Waals surface area (Å²) in [6.45, 7) is 4.75. The van der Waals surface area contributed by atoms with E-state index in [1.54, 1.807) is 18.2 Å². The second-order valence-electron chi connectivity index (χ2n) is 5.75. The lowest BCUT2D eigenvalue weighted by Gasteiger charge is -2.16. The monoisotopic (exact) mass is 357 g/mol. The van der Waals surface area contributed by atoms with Crippen LogP contribution in [0.4, 0.5) is 18.9 Å². The molecule has 0 amide bonds. The number of hydrogen-bond donors (Lipinski definition) is 1. The quantitative estimate of drug-likeness (QED) is 0.593. The van der Waals surface area contributed by atoms with E-state index in [2.05, 4.69) is 21.8 Å². The highest BCUT2D eigenvalue weighted by Crippen LogP contribution is 2.37. The molecule has 0 fully saturated rings. The Hall–Kier alpha value is -1.79. The summed E-state index contributed by atoms with van der Waals surface area (Å²) in [6.07, 6.45) is -3.65. The number of allylic oxidation sites excluding steroid dienone is 1. The molecule has 1 N–H and O–H groups in total. The van der Waals surface area contributed by atoms with Crippen molar-refractivity contribution in [3.05, 3.63) is 41.7 Å². The third-order valence-corrected chi connectivity index (χ3v) is 3.76. The Morgan fingerprint density at radius 2 is 2.00 bits per heavy atom. The minimum Gasteiger partial charge on any atom is -0.384 e. The first-order valence-corrected chi connectivity index (χ1v) is 7.82. The van der Waals surface area contributed by atoms with Crippen LogP contribution in [0.25, 0.3) is 16.3 Å². The highest BCUT2D eigenvalue weighted by atomic mass is 35.5. The van der Waals surface area contributed by atoms with E-state index in [0.29, 0.717) is 17.3 Å². The molecule has 0 saturated carbocycles. The predicted octanol–water partition coefficient (Wildman–Crippen LogP) is 4.83. The third-order valence-electron chi connectivity index (χ3n) is 3.57. The molecule has 2 aromatic rings. The Labute approximate surface area is 144 Å². The molecule has 0 unspecified atom stereocenters. The number of hydrogen-bond acceptors (Lipinski definition) is 3. The second kappa shape index (κ2) is 7.40. The van der Waals surface area contributed by atoms with E-state index in [0.717, 1.165) is 18.7 Å². The van der Waals surface area contributed by atoms with E-state index in [4.69, 9.17) is 11.6 Å². The standard InChI is InChI=1S/C17H19ClF3N3/c1-11(17(19,20)21)16-12-6-4-7-14(13(12)10-15(18)23-16)22-8-5-9-24(2)3/h4,6-7,10,22H,1,5,8-9H2,2-3H3. The van der Waals surface area contributed by atoms with E-state index in [9.17, 15) is 13.2 Å². The van der Waals surface area contributed by atoms with Crippen molar-refractivity contribution in [1.82, 2.24) is 9.88 Å². The SMILES string of the molecule is C=C(c1nc(Cl)cc2c(NCCCN(C)C)cccc12)C(F)(F)F. The van der Waals surface area contributed by atoms with Crippen molar-refractivity contribution in [1.29, 1.82) is 0 Å². The number of halogens is 4. The average molecular weight is 358 g/mol. The van der Waals surface area contributed by atoms with Gasteiger partial charge in [-0.15, -0.1) is 0 Å². The zero-order valence-electron chi connectivity index (χ0n) is 13.5. The lowest BCUT2D eigenvalue weighted by atomic mass is 10.0. The molecular formula is C17H19ClF3N3. The van der Waals surface area contributed by atoms with Gasteiger partial charge in [-0.05, 0) is 39.2 Å². The van der Waals surface area contributed by atoms with Crippen LogP contribution >= 0.6 is 11.6 Å². The Bertz CT molecular complexity index is 742. The van der Waals surface area contributed by atoms with Crippen LogP contribution < -0.4 is 5.32 Å². The van der Waals surface area contributed by atoms with Gasteiger partial charge in [-0.3, -0.25) is 0 Å². The summed E-state index contributed by atoms with van der Waals surface area (Å²) >= 11 is 5.94. The Morgan fingerprint density at radius 3 is 2.62 bits per heavy atom. The number of rotatable bonds is 6. The van der Waals surface area contributed by atoms with Crippen molar-refractivity contribution in [3.63, 3.8) is 0 Å².